The van der Waals surface area contributed by atoms with E-state index >= 15 is 0 Å². The van der Waals surface area contributed by atoms with Gasteiger partial charge in [-0.1, -0.05) is 65.7 Å². The van der Waals surface area contributed by atoms with Crippen LogP contribution >= 0.6 is 34.5 Å². The summed E-state index contributed by atoms with van der Waals surface area (Å²) in [7, 11) is 0. The third kappa shape index (κ3) is 4.18. The molecular formula is C27H17Cl2FN4S. The molecule has 3 aromatic carbocycles. The summed E-state index contributed by atoms with van der Waals surface area (Å²) in [5.41, 5.74) is 4.14. The minimum absolute atomic E-state index is 0.284. The normalized spacial score (nSPS) is 15.6. The Bertz CT molecular complexity index is 1570. The summed E-state index contributed by atoms with van der Waals surface area (Å²) >= 11 is 14.4. The van der Waals surface area contributed by atoms with Crippen molar-refractivity contribution in [3.63, 3.8) is 0 Å². The van der Waals surface area contributed by atoms with Gasteiger partial charge in [0.1, 0.15) is 5.82 Å². The second kappa shape index (κ2) is 9.04. The van der Waals surface area contributed by atoms with Crippen molar-refractivity contribution in [1.29, 1.82) is 0 Å². The molecule has 0 bridgehead atoms. The lowest BCUT2D eigenvalue weighted by atomic mass is 10.0. The molecule has 1 atom stereocenters. The maximum atomic E-state index is 13.8. The van der Waals surface area contributed by atoms with Crippen LogP contribution < -0.4 is 5.01 Å². The zero-order valence-corrected chi connectivity index (χ0v) is 20.5. The van der Waals surface area contributed by atoms with Gasteiger partial charge in [0.05, 0.1) is 27.8 Å². The lowest BCUT2D eigenvalue weighted by Gasteiger charge is -2.24. The molecule has 0 spiro atoms. The fraction of sp³-hybridized carbons (Fsp3) is 0.0741. The lowest BCUT2D eigenvalue weighted by molar-refractivity contribution is 0.623. The van der Waals surface area contributed by atoms with Crippen LogP contribution in [0.25, 0.3) is 22.2 Å². The third-order valence-electron chi connectivity index (χ3n) is 5.94. The molecule has 1 aliphatic heterocycles. The van der Waals surface area contributed by atoms with E-state index in [1.165, 1.54) is 12.1 Å². The standard InChI is InChI=1S/C27H17Cl2FN4S/c28-17-8-11-22-20(13-17)26(16-5-2-1-3-6-16)32-27(31-22)34-24(19-10-9-18(30)14-21(19)29)15-23(33-34)25-7-4-12-35-25/h1-14,24H,15H2/t24-/m0/s1. The highest BCUT2D eigenvalue weighted by Gasteiger charge is 2.34. The Hall–Kier alpha value is -3.32. The van der Waals surface area contributed by atoms with Crippen LogP contribution in [-0.2, 0) is 0 Å². The molecule has 35 heavy (non-hydrogen) atoms. The largest absolute Gasteiger partial charge is 0.247 e. The predicted octanol–water partition coefficient (Wildman–Crippen LogP) is 8.16. The highest BCUT2D eigenvalue weighted by atomic mass is 35.5. The molecule has 6 rings (SSSR count). The fourth-order valence-electron chi connectivity index (χ4n) is 4.31. The maximum absolute atomic E-state index is 13.8. The first-order chi connectivity index (χ1) is 17.1. The molecule has 0 amide bonds. The minimum atomic E-state index is -0.382. The first-order valence-corrected chi connectivity index (χ1v) is 12.6. The van der Waals surface area contributed by atoms with Gasteiger partial charge in [0.2, 0.25) is 5.95 Å². The van der Waals surface area contributed by atoms with Gasteiger partial charge in [-0.05, 0) is 47.3 Å². The molecule has 1 aliphatic rings. The van der Waals surface area contributed by atoms with E-state index in [-0.39, 0.29) is 11.9 Å². The maximum Gasteiger partial charge on any atom is 0.247 e. The van der Waals surface area contributed by atoms with E-state index in [4.69, 9.17) is 38.3 Å². The van der Waals surface area contributed by atoms with E-state index in [0.29, 0.717) is 22.4 Å². The highest BCUT2D eigenvalue weighted by Crippen LogP contribution is 2.40. The molecule has 0 saturated heterocycles. The van der Waals surface area contributed by atoms with Crippen LogP contribution in [0.3, 0.4) is 0 Å². The van der Waals surface area contributed by atoms with Crippen LogP contribution in [-0.4, -0.2) is 15.7 Å². The van der Waals surface area contributed by atoms with Crippen LogP contribution in [0.15, 0.2) is 89.3 Å². The molecular weight excluding hydrogens is 502 g/mol. The van der Waals surface area contributed by atoms with Gasteiger partial charge in [-0.2, -0.15) is 5.10 Å². The van der Waals surface area contributed by atoms with Gasteiger partial charge >= 0.3 is 0 Å². The predicted molar refractivity (Wildman–Crippen MR) is 142 cm³/mol. The summed E-state index contributed by atoms with van der Waals surface area (Å²) in [6, 6.07) is 23.7. The molecule has 0 aliphatic carbocycles. The smallest absolute Gasteiger partial charge is 0.223 e. The monoisotopic (exact) mass is 518 g/mol. The average Bonchev–Trinajstić information content (AvgIpc) is 3.54. The Morgan fingerprint density at radius 1 is 0.914 bits per heavy atom. The Morgan fingerprint density at radius 2 is 1.77 bits per heavy atom. The van der Waals surface area contributed by atoms with Crippen LogP contribution in [0.4, 0.5) is 10.3 Å². The zero-order chi connectivity index (χ0) is 23.9. The molecule has 4 nitrogen and oxygen atoms in total. The fourth-order valence-corrected chi connectivity index (χ4v) is 5.49. The van der Waals surface area contributed by atoms with Gasteiger partial charge in [-0.25, -0.2) is 19.4 Å². The first-order valence-electron chi connectivity index (χ1n) is 10.9. The second-order valence-corrected chi connectivity index (χ2v) is 9.95. The summed E-state index contributed by atoms with van der Waals surface area (Å²) in [4.78, 5) is 10.9. The molecule has 5 aromatic rings. The molecule has 0 N–H and O–H groups in total. The summed E-state index contributed by atoms with van der Waals surface area (Å²) in [5.74, 6) is 0.0588. The minimum Gasteiger partial charge on any atom is -0.223 e. The van der Waals surface area contributed by atoms with E-state index in [1.54, 1.807) is 22.4 Å². The molecule has 0 fully saturated rings. The van der Waals surface area contributed by atoms with Crippen LogP contribution in [0, 0.1) is 5.82 Å². The van der Waals surface area contributed by atoms with E-state index in [0.717, 1.165) is 38.3 Å². The molecule has 8 heteroatoms. The highest BCUT2D eigenvalue weighted by molar-refractivity contribution is 7.12. The Labute approximate surface area is 215 Å². The summed E-state index contributed by atoms with van der Waals surface area (Å²) < 4.78 is 13.8. The SMILES string of the molecule is Fc1ccc([C@@H]2CC(c3cccs3)=NN2c2nc(-c3ccccc3)c3cc(Cl)ccc3n2)c(Cl)c1. The lowest BCUT2D eigenvalue weighted by Crippen LogP contribution is -2.21. The van der Waals surface area contributed by atoms with Crippen molar-refractivity contribution in [3.8, 4) is 11.3 Å². The van der Waals surface area contributed by atoms with Crippen molar-refractivity contribution >= 4 is 57.1 Å². The number of benzene rings is 3. The molecule has 3 heterocycles. The Kier molecular flexibility index (Phi) is 5.72. The number of nitrogens with zero attached hydrogens (tertiary/aromatic N) is 4. The Balaban J connectivity index is 1.55. The topological polar surface area (TPSA) is 41.4 Å². The van der Waals surface area contributed by atoms with Crippen molar-refractivity contribution in [2.24, 2.45) is 5.10 Å². The summed E-state index contributed by atoms with van der Waals surface area (Å²) in [6.07, 6.45) is 0.592. The molecule has 2 aromatic heterocycles. The van der Waals surface area contributed by atoms with Crippen LogP contribution in [0.1, 0.15) is 22.9 Å². The average molecular weight is 519 g/mol. The van der Waals surface area contributed by atoms with Crippen molar-refractivity contribution in [2.45, 2.75) is 12.5 Å². The number of hydrogen-bond acceptors (Lipinski definition) is 5. The van der Waals surface area contributed by atoms with E-state index < -0.39 is 0 Å². The van der Waals surface area contributed by atoms with Gasteiger partial charge in [-0.3, -0.25) is 0 Å². The number of thiophene rings is 1. The van der Waals surface area contributed by atoms with Crippen LogP contribution in [0.5, 0.6) is 0 Å². The first kappa shape index (κ1) is 22.2. The van der Waals surface area contributed by atoms with Gasteiger partial charge in [0.15, 0.2) is 0 Å². The van der Waals surface area contributed by atoms with Gasteiger partial charge in [0.25, 0.3) is 0 Å². The van der Waals surface area contributed by atoms with E-state index in [2.05, 4.69) is 0 Å². The number of hydrogen-bond donors (Lipinski definition) is 0. The number of aromatic nitrogens is 2. The number of halogens is 3. The van der Waals surface area contributed by atoms with Crippen molar-refractivity contribution < 1.29 is 4.39 Å². The van der Waals surface area contributed by atoms with Crippen LogP contribution in [0.2, 0.25) is 10.0 Å². The molecule has 0 unspecified atom stereocenters. The quantitative estimate of drug-likeness (QED) is 0.241. The molecule has 0 radical (unpaired) electrons. The summed E-state index contributed by atoms with van der Waals surface area (Å²) in [5, 5.41) is 10.6. The molecule has 172 valence electrons. The van der Waals surface area contributed by atoms with Gasteiger partial charge in [-0.15, -0.1) is 11.3 Å². The Morgan fingerprint density at radius 3 is 2.54 bits per heavy atom. The van der Waals surface area contributed by atoms with Crippen molar-refractivity contribution in [1.82, 2.24) is 9.97 Å². The third-order valence-corrected chi connectivity index (χ3v) is 7.42. The van der Waals surface area contributed by atoms with E-state index in [1.807, 2.05) is 66.0 Å². The van der Waals surface area contributed by atoms with Gasteiger partial charge < -0.3 is 0 Å². The number of fused-ring (bicyclic) bond motifs is 1. The zero-order valence-electron chi connectivity index (χ0n) is 18.2. The van der Waals surface area contributed by atoms with Crippen molar-refractivity contribution in [2.75, 3.05) is 5.01 Å². The number of hydrazone groups is 1. The number of anilines is 1. The van der Waals surface area contributed by atoms with Crippen molar-refractivity contribution in [3.05, 3.63) is 111 Å². The van der Waals surface area contributed by atoms with E-state index in [9.17, 15) is 4.39 Å². The number of rotatable bonds is 4. The second-order valence-electron chi connectivity index (χ2n) is 8.15. The molecule has 0 saturated carbocycles. The summed E-state index contributed by atoms with van der Waals surface area (Å²) in [6.45, 7) is 0. The van der Waals surface area contributed by atoms with Gasteiger partial charge in [0, 0.05) is 27.4 Å².